The van der Waals surface area contributed by atoms with Crippen LogP contribution in [0.3, 0.4) is 0 Å². The van der Waals surface area contributed by atoms with Gasteiger partial charge in [0.15, 0.2) is 10.9 Å². The standard InChI is InChI=1S/C22H19F3N2O2S/c1-13-14(2)26-21(27(3)20(13)29)30-12-15-4-6-16(7-5-15)19(28)17-8-10-18(11-9-17)22(23,24)25/h4-11H,12H2,1-3H3. The van der Waals surface area contributed by atoms with Crippen LogP contribution in [-0.4, -0.2) is 15.3 Å². The monoisotopic (exact) mass is 432 g/mol. The third-order valence-corrected chi connectivity index (χ3v) is 5.88. The van der Waals surface area contributed by atoms with Crippen molar-refractivity contribution in [3.8, 4) is 0 Å². The van der Waals surface area contributed by atoms with Crippen LogP contribution in [0, 0.1) is 13.8 Å². The summed E-state index contributed by atoms with van der Waals surface area (Å²) in [5.41, 5.74) is 1.95. The predicted molar refractivity (Wildman–Crippen MR) is 110 cm³/mol. The maximum atomic E-state index is 12.7. The van der Waals surface area contributed by atoms with Crippen molar-refractivity contribution in [3.63, 3.8) is 0 Å². The van der Waals surface area contributed by atoms with Gasteiger partial charge in [-0.05, 0) is 31.5 Å². The second kappa shape index (κ2) is 8.47. The summed E-state index contributed by atoms with van der Waals surface area (Å²) in [6, 6.07) is 11.0. The lowest BCUT2D eigenvalue weighted by Gasteiger charge is -2.10. The summed E-state index contributed by atoms with van der Waals surface area (Å²) >= 11 is 1.41. The number of carbonyl (C=O) groups excluding carboxylic acids is 1. The Labute approximate surface area is 175 Å². The SMILES string of the molecule is Cc1nc(SCc2ccc(C(=O)c3ccc(C(F)(F)F)cc3)cc2)n(C)c(=O)c1C. The van der Waals surface area contributed by atoms with Gasteiger partial charge in [0, 0.05) is 35.2 Å². The molecule has 3 rings (SSSR count). The predicted octanol–water partition coefficient (Wildman–Crippen LogP) is 4.94. The van der Waals surface area contributed by atoms with E-state index in [1.54, 1.807) is 45.2 Å². The Morgan fingerprint density at radius 2 is 1.53 bits per heavy atom. The van der Waals surface area contributed by atoms with E-state index < -0.39 is 11.7 Å². The summed E-state index contributed by atoms with van der Waals surface area (Å²) in [4.78, 5) is 29.1. The third-order valence-electron chi connectivity index (χ3n) is 4.78. The zero-order valence-electron chi connectivity index (χ0n) is 16.6. The molecular formula is C22H19F3N2O2S. The first-order chi connectivity index (χ1) is 14.1. The quantitative estimate of drug-likeness (QED) is 0.326. The number of benzene rings is 2. The van der Waals surface area contributed by atoms with Gasteiger partial charge < -0.3 is 0 Å². The minimum absolute atomic E-state index is 0.0810. The third kappa shape index (κ3) is 4.64. The van der Waals surface area contributed by atoms with Crippen molar-refractivity contribution >= 4 is 17.5 Å². The largest absolute Gasteiger partial charge is 0.416 e. The number of nitrogens with zero attached hydrogens (tertiary/aromatic N) is 2. The maximum Gasteiger partial charge on any atom is 0.416 e. The van der Waals surface area contributed by atoms with Crippen LogP contribution in [-0.2, 0) is 19.0 Å². The van der Waals surface area contributed by atoms with Crippen LogP contribution < -0.4 is 5.56 Å². The van der Waals surface area contributed by atoms with E-state index in [-0.39, 0.29) is 16.9 Å². The van der Waals surface area contributed by atoms with E-state index in [9.17, 15) is 22.8 Å². The number of halogens is 3. The minimum Gasteiger partial charge on any atom is -0.291 e. The van der Waals surface area contributed by atoms with Crippen molar-refractivity contribution in [2.24, 2.45) is 7.05 Å². The highest BCUT2D eigenvalue weighted by molar-refractivity contribution is 7.98. The second-order valence-electron chi connectivity index (χ2n) is 6.86. The van der Waals surface area contributed by atoms with Crippen LogP contribution in [0.1, 0.15) is 38.3 Å². The molecule has 0 saturated carbocycles. The van der Waals surface area contributed by atoms with Gasteiger partial charge in [-0.15, -0.1) is 0 Å². The molecule has 0 saturated heterocycles. The molecule has 0 aliphatic rings. The Hall–Kier alpha value is -2.87. The lowest BCUT2D eigenvalue weighted by molar-refractivity contribution is -0.137. The molecule has 0 atom stereocenters. The molecule has 4 nitrogen and oxygen atoms in total. The zero-order valence-corrected chi connectivity index (χ0v) is 17.4. The summed E-state index contributed by atoms with van der Waals surface area (Å²) in [7, 11) is 1.68. The lowest BCUT2D eigenvalue weighted by Crippen LogP contribution is -2.23. The lowest BCUT2D eigenvalue weighted by atomic mass is 10.0. The number of thioether (sulfide) groups is 1. The Balaban J connectivity index is 1.71. The van der Waals surface area contributed by atoms with E-state index in [0.29, 0.717) is 27.7 Å². The van der Waals surface area contributed by atoms with Crippen LogP contribution in [0.4, 0.5) is 13.2 Å². The molecule has 30 heavy (non-hydrogen) atoms. The number of aryl methyl sites for hydroxylation is 1. The first-order valence-corrected chi connectivity index (χ1v) is 10.0. The van der Waals surface area contributed by atoms with Crippen molar-refractivity contribution in [2.45, 2.75) is 30.9 Å². The van der Waals surface area contributed by atoms with E-state index in [4.69, 9.17) is 0 Å². The molecular weight excluding hydrogens is 413 g/mol. The van der Waals surface area contributed by atoms with Gasteiger partial charge in [0.1, 0.15) is 0 Å². The summed E-state index contributed by atoms with van der Waals surface area (Å²) in [6.07, 6.45) is -4.44. The second-order valence-corrected chi connectivity index (χ2v) is 7.80. The molecule has 0 amide bonds. The van der Waals surface area contributed by atoms with Gasteiger partial charge >= 0.3 is 6.18 Å². The fourth-order valence-corrected chi connectivity index (χ4v) is 3.77. The van der Waals surface area contributed by atoms with E-state index >= 15 is 0 Å². The Bertz CT molecular complexity index is 1140. The van der Waals surface area contributed by atoms with E-state index in [2.05, 4.69) is 4.98 Å². The average Bonchev–Trinajstić information content (AvgIpc) is 2.73. The summed E-state index contributed by atoms with van der Waals surface area (Å²) in [6.45, 7) is 3.54. The number of hydrogen-bond donors (Lipinski definition) is 0. The Kier molecular flexibility index (Phi) is 6.17. The normalized spacial score (nSPS) is 11.5. The maximum absolute atomic E-state index is 12.7. The van der Waals surface area contributed by atoms with Crippen molar-refractivity contribution < 1.29 is 18.0 Å². The fraction of sp³-hybridized carbons (Fsp3) is 0.227. The number of carbonyl (C=O) groups is 1. The van der Waals surface area contributed by atoms with Crippen molar-refractivity contribution in [3.05, 3.63) is 92.4 Å². The average molecular weight is 432 g/mol. The Morgan fingerprint density at radius 1 is 1.00 bits per heavy atom. The van der Waals surface area contributed by atoms with E-state index in [1.165, 1.54) is 28.5 Å². The van der Waals surface area contributed by atoms with Gasteiger partial charge in [-0.1, -0.05) is 48.2 Å². The van der Waals surface area contributed by atoms with Crippen LogP contribution in [0.15, 0.2) is 58.5 Å². The summed E-state index contributed by atoms with van der Waals surface area (Å²) in [5, 5.41) is 0.605. The molecule has 0 radical (unpaired) electrons. The fourth-order valence-electron chi connectivity index (χ4n) is 2.80. The molecule has 0 aliphatic carbocycles. The number of ketones is 1. The van der Waals surface area contributed by atoms with Gasteiger partial charge in [0.2, 0.25) is 0 Å². The Morgan fingerprint density at radius 3 is 2.07 bits per heavy atom. The molecule has 0 unspecified atom stereocenters. The molecule has 1 aromatic heterocycles. The summed E-state index contributed by atoms with van der Waals surface area (Å²) in [5.74, 6) is 0.207. The molecule has 1 heterocycles. The molecule has 0 spiro atoms. The van der Waals surface area contributed by atoms with E-state index in [1.807, 2.05) is 0 Å². The highest BCUT2D eigenvalue weighted by Crippen LogP contribution is 2.29. The summed E-state index contributed by atoms with van der Waals surface area (Å²) < 4.78 is 39.5. The van der Waals surface area contributed by atoms with Gasteiger partial charge in [0.25, 0.3) is 5.56 Å². The molecule has 0 bridgehead atoms. The van der Waals surface area contributed by atoms with Crippen LogP contribution >= 0.6 is 11.8 Å². The van der Waals surface area contributed by atoms with Crippen molar-refractivity contribution in [1.82, 2.24) is 9.55 Å². The van der Waals surface area contributed by atoms with E-state index in [0.717, 1.165) is 17.7 Å². The topological polar surface area (TPSA) is 52.0 Å². The number of rotatable bonds is 5. The van der Waals surface area contributed by atoms with Crippen LogP contribution in [0.2, 0.25) is 0 Å². The highest BCUT2D eigenvalue weighted by Gasteiger charge is 2.30. The number of aromatic nitrogens is 2. The molecule has 0 N–H and O–H groups in total. The van der Waals surface area contributed by atoms with Crippen LogP contribution in [0.5, 0.6) is 0 Å². The number of hydrogen-bond acceptors (Lipinski definition) is 4. The first kappa shape index (κ1) is 21.8. The van der Waals surface area contributed by atoms with Gasteiger partial charge in [-0.2, -0.15) is 13.2 Å². The van der Waals surface area contributed by atoms with Gasteiger partial charge in [-0.3, -0.25) is 14.2 Å². The minimum atomic E-state index is -4.44. The van der Waals surface area contributed by atoms with Gasteiger partial charge in [-0.25, -0.2) is 4.98 Å². The number of alkyl halides is 3. The molecule has 2 aromatic carbocycles. The smallest absolute Gasteiger partial charge is 0.291 e. The first-order valence-electron chi connectivity index (χ1n) is 9.06. The molecule has 0 fully saturated rings. The van der Waals surface area contributed by atoms with Crippen molar-refractivity contribution in [2.75, 3.05) is 0 Å². The van der Waals surface area contributed by atoms with Crippen molar-refractivity contribution in [1.29, 1.82) is 0 Å². The highest BCUT2D eigenvalue weighted by atomic mass is 32.2. The van der Waals surface area contributed by atoms with Crippen LogP contribution in [0.25, 0.3) is 0 Å². The molecule has 0 aliphatic heterocycles. The molecule has 3 aromatic rings. The van der Waals surface area contributed by atoms with Gasteiger partial charge in [0.05, 0.1) is 5.56 Å². The zero-order chi connectivity index (χ0) is 22.1. The molecule has 156 valence electrons. The molecule has 8 heteroatoms.